The summed E-state index contributed by atoms with van der Waals surface area (Å²) in [4.78, 5) is 20.7. The van der Waals surface area contributed by atoms with Gasteiger partial charge in [0.25, 0.3) is 5.91 Å². The van der Waals surface area contributed by atoms with Gasteiger partial charge in [0, 0.05) is 32.4 Å². The van der Waals surface area contributed by atoms with Gasteiger partial charge in [0.2, 0.25) is 0 Å². The summed E-state index contributed by atoms with van der Waals surface area (Å²) >= 11 is 0. The minimum atomic E-state index is -0.486. The van der Waals surface area contributed by atoms with Gasteiger partial charge in [0.1, 0.15) is 11.9 Å². The summed E-state index contributed by atoms with van der Waals surface area (Å²) in [5.41, 5.74) is 0.566. The number of pyridine rings is 1. The highest BCUT2D eigenvalue weighted by Crippen LogP contribution is 2.18. The fraction of sp³-hybridized carbons (Fsp3) is 0.562. The number of nitriles is 1. The minimum absolute atomic E-state index is 0.00641. The van der Waals surface area contributed by atoms with E-state index in [-0.39, 0.29) is 5.91 Å². The Balaban J connectivity index is 1.65. The van der Waals surface area contributed by atoms with Crippen LogP contribution in [-0.4, -0.2) is 67.9 Å². The van der Waals surface area contributed by atoms with E-state index in [0.717, 1.165) is 13.0 Å². The molecular weight excluding hydrogens is 296 g/mol. The molecule has 0 aromatic carbocycles. The topological polar surface area (TPSA) is 78.7 Å². The Morgan fingerprint density at radius 2 is 2.22 bits per heavy atom. The van der Waals surface area contributed by atoms with Crippen molar-refractivity contribution >= 4 is 11.7 Å². The molecule has 0 radical (unpaired) electrons. The maximum absolute atomic E-state index is 12.5. The van der Waals surface area contributed by atoms with Crippen LogP contribution in [0.5, 0.6) is 0 Å². The SMILES string of the molecule is N#Cc1cccnc1N1CCCN(C(=O)C2COCCO2)CC1. The second-order valence-corrected chi connectivity index (χ2v) is 5.59. The molecule has 23 heavy (non-hydrogen) atoms. The summed E-state index contributed by atoms with van der Waals surface area (Å²) in [7, 11) is 0. The highest BCUT2D eigenvalue weighted by molar-refractivity contribution is 5.81. The second kappa shape index (κ2) is 7.40. The highest BCUT2D eigenvalue weighted by Gasteiger charge is 2.29. The number of rotatable bonds is 2. The number of nitrogens with zero attached hydrogens (tertiary/aromatic N) is 4. The average Bonchev–Trinajstić information content (AvgIpc) is 2.88. The number of amides is 1. The highest BCUT2D eigenvalue weighted by atomic mass is 16.6. The largest absolute Gasteiger partial charge is 0.376 e. The van der Waals surface area contributed by atoms with Crippen molar-refractivity contribution in [1.29, 1.82) is 5.26 Å². The molecule has 7 nitrogen and oxygen atoms in total. The molecule has 3 rings (SSSR count). The van der Waals surface area contributed by atoms with Crippen molar-refractivity contribution < 1.29 is 14.3 Å². The summed E-state index contributed by atoms with van der Waals surface area (Å²) in [5.74, 6) is 0.689. The van der Waals surface area contributed by atoms with Gasteiger partial charge in [-0.1, -0.05) is 0 Å². The van der Waals surface area contributed by atoms with E-state index >= 15 is 0 Å². The maximum atomic E-state index is 12.5. The van der Waals surface area contributed by atoms with Crippen LogP contribution >= 0.6 is 0 Å². The predicted octanol–water partition coefficient (Wildman–Crippen LogP) is 0.407. The van der Waals surface area contributed by atoms with E-state index in [1.54, 1.807) is 18.3 Å². The lowest BCUT2D eigenvalue weighted by molar-refractivity contribution is -0.157. The molecule has 1 atom stereocenters. The van der Waals surface area contributed by atoms with Gasteiger partial charge in [-0.2, -0.15) is 5.26 Å². The summed E-state index contributed by atoms with van der Waals surface area (Å²) in [6, 6.07) is 5.70. The second-order valence-electron chi connectivity index (χ2n) is 5.59. The maximum Gasteiger partial charge on any atom is 0.254 e. The van der Waals surface area contributed by atoms with E-state index in [1.165, 1.54) is 0 Å². The normalized spacial score (nSPS) is 22.3. The predicted molar refractivity (Wildman–Crippen MR) is 82.9 cm³/mol. The third-order valence-electron chi connectivity index (χ3n) is 4.11. The number of carbonyl (C=O) groups excluding carboxylic acids is 1. The van der Waals surface area contributed by atoms with Crippen molar-refractivity contribution in [2.45, 2.75) is 12.5 Å². The van der Waals surface area contributed by atoms with Crippen LogP contribution in [-0.2, 0) is 14.3 Å². The van der Waals surface area contributed by atoms with Crippen molar-refractivity contribution in [2.75, 3.05) is 50.9 Å². The summed E-state index contributed by atoms with van der Waals surface area (Å²) < 4.78 is 10.8. The lowest BCUT2D eigenvalue weighted by atomic mass is 10.2. The summed E-state index contributed by atoms with van der Waals surface area (Å²) in [5, 5.41) is 9.22. The molecule has 1 amide bonds. The minimum Gasteiger partial charge on any atom is -0.376 e. The lowest BCUT2D eigenvalue weighted by Crippen LogP contribution is -2.46. The van der Waals surface area contributed by atoms with Crippen LogP contribution in [0.25, 0.3) is 0 Å². The van der Waals surface area contributed by atoms with Gasteiger partial charge in [-0.25, -0.2) is 4.98 Å². The van der Waals surface area contributed by atoms with Crippen molar-refractivity contribution in [3.05, 3.63) is 23.9 Å². The van der Waals surface area contributed by atoms with Gasteiger partial charge < -0.3 is 19.3 Å². The molecule has 1 aromatic heterocycles. The number of hydrogen-bond donors (Lipinski definition) is 0. The van der Waals surface area contributed by atoms with Crippen LogP contribution < -0.4 is 4.90 Å². The van der Waals surface area contributed by atoms with Gasteiger partial charge in [-0.15, -0.1) is 0 Å². The van der Waals surface area contributed by atoms with E-state index < -0.39 is 6.10 Å². The summed E-state index contributed by atoms with van der Waals surface area (Å²) in [6.07, 6.45) is 2.04. The molecule has 2 aliphatic heterocycles. The Hall–Kier alpha value is -2.17. The van der Waals surface area contributed by atoms with Crippen molar-refractivity contribution in [3.8, 4) is 6.07 Å². The molecule has 2 fully saturated rings. The zero-order valence-corrected chi connectivity index (χ0v) is 13.0. The third kappa shape index (κ3) is 3.60. The number of hydrogen-bond acceptors (Lipinski definition) is 6. The zero-order valence-electron chi connectivity index (χ0n) is 13.0. The van der Waals surface area contributed by atoms with Crippen LogP contribution in [0.2, 0.25) is 0 Å². The average molecular weight is 316 g/mol. The van der Waals surface area contributed by atoms with Crippen LogP contribution in [0, 0.1) is 11.3 Å². The van der Waals surface area contributed by atoms with E-state index in [0.29, 0.717) is 50.8 Å². The van der Waals surface area contributed by atoms with Gasteiger partial charge in [0.15, 0.2) is 6.10 Å². The van der Waals surface area contributed by atoms with Gasteiger partial charge in [0.05, 0.1) is 25.4 Å². The zero-order chi connectivity index (χ0) is 16.1. The van der Waals surface area contributed by atoms with Crippen LogP contribution in [0.4, 0.5) is 5.82 Å². The van der Waals surface area contributed by atoms with E-state index in [9.17, 15) is 10.1 Å². The quantitative estimate of drug-likeness (QED) is 0.786. The first-order chi connectivity index (χ1) is 11.3. The molecule has 7 heteroatoms. The molecule has 1 unspecified atom stereocenters. The number of anilines is 1. The first-order valence-electron chi connectivity index (χ1n) is 7.88. The van der Waals surface area contributed by atoms with Crippen LogP contribution in [0.1, 0.15) is 12.0 Å². The molecule has 0 spiro atoms. The molecule has 0 N–H and O–H groups in total. The molecule has 0 bridgehead atoms. The van der Waals surface area contributed by atoms with Gasteiger partial charge in [-0.3, -0.25) is 4.79 Å². The molecule has 0 aliphatic carbocycles. The molecule has 2 aliphatic rings. The molecule has 3 heterocycles. The fourth-order valence-corrected chi connectivity index (χ4v) is 2.92. The standard InChI is InChI=1S/C16H20N4O3/c17-11-13-3-1-4-18-15(13)19-5-2-6-20(8-7-19)16(21)14-12-22-9-10-23-14/h1,3-4,14H,2,5-10,12H2. The van der Waals surface area contributed by atoms with Crippen LogP contribution in [0.3, 0.4) is 0 Å². The summed E-state index contributed by atoms with van der Waals surface area (Å²) in [6.45, 7) is 4.06. The smallest absolute Gasteiger partial charge is 0.254 e. The first-order valence-corrected chi connectivity index (χ1v) is 7.88. The Morgan fingerprint density at radius 3 is 3.00 bits per heavy atom. The van der Waals surface area contributed by atoms with Crippen LogP contribution in [0.15, 0.2) is 18.3 Å². The lowest BCUT2D eigenvalue weighted by Gasteiger charge is -2.28. The number of ether oxygens (including phenoxy) is 2. The molecule has 2 saturated heterocycles. The van der Waals surface area contributed by atoms with Crippen molar-refractivity contribution in [1.82, 2.24) is 9.88 Å². The number of carbonyl (C=O) groups is 1. The molecule has 122 valence electrons. The Morgan fingerprint density at radius 1 is 1.30 bits per heavy atom. The van der Waals surface area contributed by atoms with E-state index in [4.69, 9.17) is 9.47 Å². The van der Waals surface area contributed by atoms with Gasteiger partial charge >= 0.3 is 0 Å². The van der Waals surface area contributed by atoms with E-state index in [2.05, 4.69) is 16.0 Å². The molecule has 0 saturated carbocycles. The Kier molecular flexibility index (Phi) is 5.05. The van der Waals surface area contributed by atoms with E-state index in [1.807, 2.05) is 4.90 Å². The molecule has 1 aromatic rings. The Bertz CT molecular complexity index is 595. The Labute approximate surface area is 135 Å². The fourth-order valence-electron chi connectivity index (χ4n) is 2.92. The third-order valence-corrected chi connectivity index (χ3v) is 4.11. The van der Waals surface area contributed by atoms with Crippen molar-refractivity contribution in [2.24, 2.45) is 0 Å². The monoisotopic (exact) mass is 316 g/mol. The number of aromatic nitrogens is 1. The molecular formula is C16H20N4O3. The van der Waals surface area contributed by atoms with Gasteiger partial charge in [-0.05, 0) is 18.6 Å². The van der Waals surface area contributed by atoms with Crippen molar-refractivity contribution in [3.63, 3.8) is 0 Å². The first kappa shape index (κ1) is 15.7.